The van der Waals surface area contributed by atoms with E-state index in [1.807, 2.05) is 6.92 Å². The van der Waals surface area contributed by atoms with Crippen molar-refractivity contribution < 1.29 is 27.1 Å². The average Bonchev–Trinajstić information content (AvgIpc) is 2.78. The second kappa shape index (κ2) is 9.92. The van der Waals surface area contributed by atoms with Gasteiger partial charge in [-0.3, -0.25) is 25.2 Å². The number of amides is 2. The van der Waals surface area contributed by atoms with Crippen LogP contribution in [0.2, 0.25) is 0 Å². The molecule has 0 atom stereocenters. The molecule has 3 aromatic rings. The first-order chi connectivity index (χ1) is 15.3. The van der Waals surface area contributed by atoms with Gasteiger partial charge in [0.1, 0.15) is 11.6 Å². The molecular formula is C22H20FN3O5S. The van der Waals surface area contributed by atoms with E-state index in [2.05, 4.69) is 15.6 Å². The van der Waals surface area contributed by atoms with Gasteiger partial charge >= 0.3 is 0 Å². The molecule has 3 aromatic carbocycles. The molecule has 0 heterocycles. The van der Waals surface area contributed by atoms with Crippen molar-refractivity contribution in [1.82, 2.24) is 10.9 Å². The standard InChI is InChI=1S/C22H20FN3O5S/c1-2-31-19-10-12-20(13-11-19)32(29,30)26-18-8-6-15(7-9-18)21(27)24-25-22(28)16-4-3-5-17(23)14-16/h3-14,26H,2H2,1H3,(H,24,27)(H,25,28). The Morgan fingerprint density at radius 1 is 0.875 bits per heavy atom. The summed E-state index contributed by atoms with van der Waals surface area (Å²) >= 11 is 0. The molecule has 0 saturated heterocycles. The normalized spacial score (nSPS) is 10.8. The quantitative estimate of drug-likeness (QED) is 0.472. The molecular weight excluding hydrogens is 437 g/mol. The average molecular weight is 457 g/mol. The second-order valence-corrected chi connectivity index (χ2v) is 8.19. The van der Waals surface area contributed by atoms with E-state index in [1.165, 1.54) is 54.6 Å². The fraction of sp³-hybridized carbons (Fsp3) is 0.0909. The predicted octanol–water partition coefficient (Wildman–Crippen LogP) is 3.10. The Balaban J connectivity index is 1.60. The highest BCUT2D eigenvalue weighted by Gasteiger charge is 2.15. The molecule has 166 valence electrons. The third-order valence-corrected chi connectivity index (χ3v) is 5.62. The maximum atomic E-state index is 13.2. The first-order valence-electron chi connectivity index (χ1n) is 9.50. The molecule has 0 fully saturated rings. The number of hydrogen-bond acceptors (Lipinski definition) is 5. The van der Waals surface area contributed by atoms with Crippen LogP contribution >= 0.6 is 0 Å². The van der Waals surface area contributed by atoms with E-state index in [4.69, 9.17) is 4.74 Å². The van der Waals surface area contributed by atoms with E-state index in [9.17, 15) is 22.4 Å². The number of hydrogen-bond donors (Lipinski definition) is 3. The molecule has 32 heavy (non-hydrogen) atoms. The van der Waals surface area contributed by atoms with Gasteiger partial charge in [-0.2, -0.15) is 0 Å². The number of rotatable bonds is 7. The summed E-state index contributed by atoms with van der Waals surface area (Å²) in [5.74, 6) is -1.33. The predicted molar refractivity (Wildman–Crippen MR) is 116 cm³/mol. The number of carbonyl (C=O) groups excluding carboxylic acids is 2. The van der Waals surface area contributed by atoms with Gasteiger partial charge in [0, 0.05) is 16.8 Å². The summed E-state index contributed by atoms with van der Waals surface area (Å²) in [5.41, 5.74) is 4.87. The number of benzene rings is 3. The van der Waals surface area contributed by atoms with Crippen LogP contribution in [0.5, 0.6) is 5.75 Å². The van der Waals surface area contributed by atoms with E-state index in [1.54, 1.807) is 12.1 Å². The number of anilines is 1. The van der Waals surface area contributed by atoms with Crippen LogP contribution in [0, 0.1) is 5.82 Å². The Kier molecular flexibility index (Phi) is 7.06. The maximum absolute atomic E-state index is 13.2. The summed E-state index contributed by atoms with van der Waals surface area (Å²) in [6, 6.07) is 16.6. The molecule has 0 unspecified atom stereocenters. The van der Waals surface area contributed by atoms with Crippen LogP contribution in [0.15, 0.2) is 77.7 Å². The fourth-order valence-electron chi connectivity index (χ4n) is 2.67. The van der Waals surface area contributed by atoms with Crippen LogP contribution in [0.3, 0.4) is 0 Å². The van der Waals surface area contributed by atoms with Crippen LogP contribution < -0.4 is 20.3 Å². The molecule has 10 heteroatoms. The Bertz CT molecular complexity index is 1210. The van der Waals surface area contributed by atoms with Gasteiger partial charge in [0.15, 0.2) is 0 Å². The lowest BCUT2D eigenvalue weighted by atomic mass is 10.2. The Hall–Kier alpha value is -3.92. The summed E-state index contributed by atoms with van der Waals surface area (Å²) in [4.78, 5) is 24.2. The van der Waals surface area contributed by atoms with Gasteiger partial charge in [-0.15, -0.1) is 0 Å². The first kappa shape index (κ1) is 22.8. The SMILES string of the molecule is CCOc1ccc(S(=O)(=O)Nc2ccc(C(=O)NNC(=O)c3cccc(F)c3)cc2)cc1. The van der Waals surface area contributed by atoms with Gasteiger partial charge in [-0.05, 0) is 73.7 Å². The van der Waals surface area contributed by atoms with E-state index >= 15 is 0 Å². The van der Waals surface area contributed by atoms with Crippen molar-refractivity contribution in [2.24, 2.45) is 0 Å². The van der Waals surface area contributed by atoms with Gasteiger partial charge in [0.25, 0.3) is 21.8 Å². The number of sulfonamides is 1. The zero-order chi connectivity index (χ0) is 23.1. The third-order valence-electron chi connectivity index (χ3n) is 4.22. The molecule has 2 amide bonds. The zero-order valence-corrected chi connectivity index (χ0v) is 17.8. The van der Waals surface area contributed by atoms with Gasteiger partial charge < -0.3 is 4.74 Å². The van der Waals surface area contributed by atoms with Crippen molar-refractivity contribution in [3.8, 4) is 5.75 Å². The first-order valence-corrected chi connectivity index (χ1v) is 11.0. The topological polar surface area (TPSA) is 114 Å². The fourth-order valence-corrected chi connectivity index (χ4v) is 3.73. The van der Waals surface area contributed by atoms with Crippen LogP contribution in [-0.4, -0.2) is 26.8 Å². The lowest BCUT2D eigenvalue weighted by Gasteiger charge is -2.10. The number of carbonyl (C=O) groups is 2. The molecule has 0 aromatic heterocycles. The van der Waals surface area contributed by atoms with E-state index in [0.29, 0.717) is 12.4 Å². The summed E-state index contributed by atoms with van der Waals surface area (Å²) in [5, 5.41) is 0. The minimum atomic E-state index is -3.83. The number of hydrazine groups is 1. The number of halogens is 1. The summed E-state index contributed by atoms with van der Waals surface area (Å²) in [6.07, 6.45) is 0. The van der Waals surface area contributed by atoms with Crippen molar-refractivity contribution in [3.05, 3.63) is 89.7 Å². The second-order valence-electron chi connectivity index (χ2n) is 6.51. The highest BCUT2D eigenvalue weighted by atomic mass is 32.2. The highest BCUT2D eigenvalue weighted by molar-refractivity contribution is 7.92. The minimum absolute atomic E-state index is 0.0457. The van der Waals surface area contributed by atoms with Crippen LogP contribution in [0.25, 0.3) is 0 Å². The van der Waals surface area contributed by atoms with Crippen molar-refractivity contribution in [1.29, 1.82) is 0 Å². The smallest absolute Gasteiger partial charge is 0.269 e. The van der Waals surface area contributed by atoms with E-state index in [-0.39, 0.29) is 21.7 Å². The van der Waals surface area contributed by atoms with Gasteiger partial charge in [-0.1, -0.05) is 6.07 Å². The molecule has 0 aliphatic carbocycles. The monoisotopic (exact) mass is 457 g/mol. The highest BCUT2D eigenvalue weighted by Crippen LogP contribution is 2.19. The summed E-state index contributed by atoms with van der Waals surface area (Å²) in [6.45, 7) is 2.30. The molecule has 0 spiro atoms. The zero-order valence-electron chi connectivity index (χ0n) is 17.0. The van der Waals surface area contributed by atoms with Crippen LogP contribution in [0.4, 0.5) is 10.1 Å². The lowest BCUT2D eigenvalue weighted by molar-refractivity contribution is 0.0846. The van der Waals surface area contributed by atoms with Gasteiger partial charge in [0.2, 0.25) is 0 Å². The molecule has 0 saturated carbocycles. The largest absolute Gasteiger partial charge is 0.494 e. The van der Waals surface area contributed by atoms with Crippen molar-refractivity contribution in [2.75, 3.05) is 11.3 Å². The minimum Gasteiger partial charge on any atom is -0.494 e. The molecule has 0 radical (unpaired) electrons. The molecule has 0 bridgehead atoms. The summed E-state index contributed by atoms with van der Waals surface area (Å²) in [7, 11) is -3.83. The van der Waals surface area contributed by atoms with Crippen molar-refractivity contribution in [2.45, 2.75) is 11.8 Å². The number of ether oxygens (including phenoxy) is 1. The molecule has 3 N–H and O–H groups in total. The molecule has 3 rings (SSSR count). The van der Waals surface area contributed by atoms with Crippen molar-refractivity contribution in [3.63, 3.8) is 0 Å². The summed E-state index contributed by atoms with van der Waals surface area (Å²) < 4.78 is 45.9. The van der Waals surface area contributed by atoms with Gasteiger partial charge in [-0.25, -0.2) is 12.8 Å². The van der Waals surface area contributed by atoms with Gasteiger partial charge in [0.05, 0.1) is 11.5 Å². The molecule has 8 nitrogen and oxygen atoms in total. The van der Waals surface area contributed by atoms with Crippen LogP contribution in [0.1, 0.15) is 27.6 Å². The van der Waals surface area contributed by atoms with E-state index < -0.39 is 27.7 Å². The van der Waals surface area contributed by atoms with Crippen LogP contribution in [-0.2, 0) is 10.0 Å². The Morgan fingerprint density at radius 3 is 2.09 bits per heavy atom. The Morgan fingerprint density at radius 2 is 1.50 bits per heavy atom. The Labute approximate surface area is 184 Å². The number of nitrogens with one attached hydrogen (secondary N) is 3. The molecule has 0 aliphatic heterocycles. The maximum Gasteiger partial charge on any atom is 0.269 e. The lowest BCUT2D eigenvalue weighted by Crippen LogP contribution is -2.41. The molecule has 0 aliphatic rings. The van der Waals surface area contributed by atoms with E-state index in [0.717, 1.165) is 6.07 Å². The third kappa shape index (κ3) is 5.82. The van der Waals surface area contributed by atoms with Crippen molar-refractivity contribution >= 4 is 27.5 Å².